The highest BCUT2D eigenvalue weighted by molar-refractivity contribution is 5.85. The van der Waals surface area contributed by atoms with Gasteiger partial charge in [0.2, 0.25) is 5.91 Å². The van der Waals surface area contributed by atoms with E-state index in [4.69, 9.17) is 0 Å². The second-order valence-corrected chi connectivity index (χ2v) is 9.31. The molecular weight excluding hydrogens is 426 g/mol. The highest BCUT2D eigenvalue weighted by Crippen LogP contribution is 2.27. The van der Waals surface area contributed by atoms with E-state index in [2.05, 4.69) is 33.6 Å². The Labute approximate surface area is 198 Å². The fraction of sp³-hybridized carbons (Fsp3) is 0.407. The third-order valence-electron chi connectivity index (χ3n) is 6.99. The van der Waals surface area contributed by atoms with Crippen LogP contribution in [0.2, 0.25) is 0 Å². The van der Waals surface area contributed by atoms with Crippen LogP contribution in [-0.2, 0) is 17.9 Å². The number of rotatable bonds is 8. The number of benzene rings is 2. The Kier molecular flexibility index (Phi) is 6.70. The number of amides is 1. The molecule has 1 N–H and O–H groups in total. The predicted molar refractivity (Wildman–Crippen MR) is 134 cm³/mol. The van der Waals surface area contributed by atoms with E-state index in [9.17, 15) is 9.59 Å². The number of hydrogen-bond donors (Lipinski definition) is 1. The van der Waals surface area contributed by atoms with Gasteiger partial charge < -0.3 is 5.32 Å². The van der Waals surface area contributed by atoms with E-state index in [1.54, 1.807) is 21.8 Å². The Balaban J connectivity index is 1.22. The number of nitrogens with one attached hydrogen (secondary N) is 1. The Bertz CT molecular complexity index is 1340. The Morgan fingerprint density at radius 2 is 1.85 bits per heavy atom. The van der Waals surface area contributed by atoms with Crippen molar-refractivity contribution in [1.82, 2.24) is 24.6 Å². The Morgan fingerprint density at radius 3 is 2.74 bits per heavy atom. The first-order valence-corrected chi connectivity index (χ1v) is 12.3. The number of carbonyl (C=O) groups excluding carboxylic acids is 1. The summed E-state index contributed by atoms with van der Waals surface area (Å²) >= 11 is 0. The van der Waals surface area contributed by atoms with Crippen LogP contribution in [-0.4, -0.2) is 31.8 Å². The Morgan fingerprint density at radius 1 is 1.03 bits per heavy atom. The molecule has 2 heterocycles. The second kappa shape index (κ2) is 10.2. The van der Waals surface area contributed by atoms with Gasteiger partial charge in [0.15, 0.2) is 5.65 Å². The minimum absolute atomic E-state index is 0.0902. The van der Waals surface area contributed by atoms with Crippen LogP contribution in [0.3, 0.4) is 0 Å². The van der Waals surface area contributed by atoms with Crippen LogP contribution in [0.4, 0.5) is 0 Å². The molecule has 0 unspecified atom stereocenters. The molecule has 34 heavy (non-hydrogen) atoms. The molecule has 0 bridgehead atoms. The van der Waals surface area contributed by atoms with Gasteiger partial charge in [-0.05, 0) is 28.7 Å². The summed E-state index contributed by atoms with van der Waals surface area (Å²) < 4.78 is 3.32. The highest BCUT2D eigenvalue weighted by Gasteiger charge is 2.15. The van der Waals surface area contributed by atoms with E-state index in [1.807, 2.05) is 24.3 Å². The maximum atomic E-state index is 13.1. The van der Waals surface area contributed by atoms with Crippen LogP contribution >= 0.6 is 0 Å². The molecule has 1 saturated carbocycles. The fourth-order valence-corrected chi connectivity index (χ4v) is 5.09. The number of carbonyl (C=O) groups is 1. The van der Waals surface area contributed by atoms with E-state index in [0.29, 0.717) is 43.0 Å². The zero-order valence-electron chi connectivity index (χ0n) is 19.4. The first-order chi connectivity index (χ1) is 16.7. The van der Waals surface area contributed by atoms with E-state index in [1.165, 1.54) is 32.1 Å². The molecule has 1 aliphatic carbocycles. The average Bonchev–Trinajstić information content (AvgIpc) is 3.29. The summed E-state index contributed by atoms with van der Waals surface area (Å²) in [5, 5.41) is 10.1. The summed E-state index contributed by atoms with van der Waals surface area (Å²) in [7, 11) is 0. The fourth-order valence-electron chi connectivity index (χ4n) is 5.09. The molecule has 0 spiro atoms. The first kappa shape index (κ1) is 22.3. The molecule has 1 fully saturated rings. The molecule has 176 valence electrons. The van der Waals surface area contributed by atoms with Crippen LogP contribution in [0.25, 0.3) is 21.8 Å². The SMILES string of the molecule is O=C(CCC1CCCCC1)NCCn1ncc2c(=O)n(Cc3cccc4ccccc34)cnc21. The molecule has 1 aliphatic rings. The lowest BCUT2D eigenvalue weighted by molar-refractivity contribution is -0.121. The van der Waals surface area contributed by atoms with E-state index >= 15 is 0 Å². The summed E-state index contributed by atoms with van der Waals surface area (Å²) in [5.74, 6) is 0.794. The maximum Gasteiger partial charge on any atom is 0.264 e. The summed E-state index contributed by atoms with van der Waals surface area (Å²) in [5.41, 5.74) is 1.51. The van der Waals surface area contributed by atoms with Gasteiger partial charge in [-0.15, -0.1) is 0 Å². The van der Waals surface area contributed by atoms with Gasteiger partial charge in [-0.25, -0.2) is 9.67 Å². The van der Waals surface area contributed by atoms with Crippen molar-refractivity contribution in [3.05, 3.63) is 70.9 Å². The van der Waals surface area contributed by atoms with Crippen LogP contribution in [0.1, 0.15) is 50.5 Å². The molecule has 7 nitrogen and oxygen atoms in total. The van der Waals surface area contributed by atoms with Crippen molar-refractivity contribution in [2.45, 2.75) is 58.0 Å². The molecule has 2 aromatic carbocycles. The van der Waals surface area contributed by atoms with Crippen LogP contribution < -0.4 is 10.9 Å². The third-order valence-corrected chi connectivity index (χ3v) is 6.99. The standard InChI is InChI=1S/C27H31N5O2/c33-25(14-13-20-7-2-1-3-8-20)28-15-16-32-26-24(17-30-32)27(34)31(19-29-26)18-22-11-6-10-21-9-4-5-12-23(21)22/h4-6,9-12,17,19-20H,1-3,7-8,13-16,18H2,(H,28,33). The molecule has 0 saturated heterocycles. The average molecular weight is 458 g/mol. The lowest BCUT2D eigenvalue weighted by Gasteiger charge is -2.20. The second-order valence-electron chi connectivity index (χ2n) is 9.31. The molecule has 0 aliphatic heterocycles. The summed E-state index contributed by atoms with van der Waals surface area (Å²) in [6.45, 7) is 1.41. The van der Waals surface area contributed by atoms with Gasteiger partial charge in [0.05, 0.1) is 19.3 Å². The van der Waals surface area contributed by atoms with Gasteiger partial charge in [-0.1, -0.05) is 74.6 Å². The molecule has 5 rings (SSSR count). The third kappa shape index (κ3) is 4.88. The van der Waals surface area contributed by atoms with Gasteiger partial charge in [0, 0.05) is 13.0 Å². The smallest absolute Gasteiger partial charge is 0.264 e. The van der Waals surface area contributed by atoms with Crippen LogP contribution in [0.15, 0.2) is 59.8 Å². The molecule has 1 amide bonds. The Hall–Kier alpha value is -3.48. The number of nitrogens with zero attached hydrogens (tertiary/aromatic N) is 4. The van der Waals surface area contributed by atoms with Crippen LogP contribution in [0.5, 0.6) is 0 Å². The van der Waals surface area contributed by atoms with Gasteiger partial charge in [0.1, 0.15) is 11.7 Å². The molecule has 0 atom stereocenters. The van der Waals surface area contributed by atoms with E-state index in [0.717, 1.165) is 22.8 Å². The predicted octanol–water partition coefficient (Wildman–Crippen LogP) is 4.27. The highest BCUT2D eigenvalue weighted by atomic mass is 16.1. The number of fused-ring (bicyclic) bond motifs is 2. The molecule has 2 aromatic heterocycles. The topological polar surface area (TPSA) is 81.8 Å². The first-order valence-electron chi connectivity index (χ1n) is 12.3. The minimum Gasteiger partial charge on any atom is -0.354 e. The summed E-state index contributed by atoms with van der Waals surface area (Å²) in [4.78, 5) is 29.9. The summed E-state index contributed by atoms with van der Waals surface area (Å²) in [6.07, 6.45) is 11.2. The quantitative estimate of drug-likeness (QED) is 0.428. The molecule has 4 aromatic rings. The van der Waals surface area contributed by atoms with E-state index in [-0.39, 0.29) is 11.5 Å². The molecule has 0 radical (unpaired) electrons. The largest absolute Gasteiger partial charge is 0.354 e. The van der Waals surface area contributed by atoms with Gasteiger partial charge in [0.25, 0.3) is 5.56 Å². The van der Waals surface area contributed by atoms with Crippen molar-refractivity contribution in [2.75, 3.05) is 6.54 Å². The monoisotopic (exact) mass is 457 g/mol. The van der Waals surface area contributed by atoms with Gasteiger partial charge in [-0.3, -0.25) is 14.2 Å². The van der Waals surface area contributed by atoms with Crippen molar-refractivity contribution in [3.8, 4) is 0 Å². The number of hydrogen-bond acceptors (Lipinski definition) is 4. The van der Waals surface area contributed by atoms with Crippen LogP contribution in [0, 0.1) is 5.92 Å². The van der Waals surface area contributed by atoms with Crippen molar-refractivity contribution >= 4 is 27.7 Å². The van der Waals surface area contributed by atoms with Gasteiger partial charge >= 0.3 is 0 Å². The van der Waals surface area contributed by atoms with Crippen molar-refractivity contribution in [2.24, 2.45) is 5.92 Å². The lowest BCUT2D eigenvalue weighted by Crippen LogP contribution is -2.28. The van der Waals surface area contributed by atoms with Crippen molar-refractivity contribution < 1.29 is 4.79 Å². The van der Waals surface area contributed by atoms with E-state index < -0.39 is 0 Å². The normalized spacial score (nSPS) is 14.6. The minimum atomic E-state index is -0.110. The van der Waals surface area contributed by atoms with Crippen molar-refractivity contribution in [3.63, 3.8) is 0 Å². The molecular formula is C27H31N5O2. The number of aromatic nitrogens is 4. The van der Waals surface area contributed by atoms with Crippen molar-refractivity contribution in [1.29, 1.82) is 0 Å². The summed E-state index contributed by atoms with van der Waals surface area (Å²) in [6, 6.07) is 14.3. The zero-order valence-corrected chi connectivity index (χ0v) is 19.4. The maximum absolute atomic E-state index is 13.1. The molecule has 7 heteroatoms. The lowest BCUT2D eigenvalue weighted by atomic mass is 9.86. The van der Waals surface area contributed by atoms with Gasteiger partial charge in [-0.2, -0.15) is 5.10 Å². The zero-order chi connectivity index (χ0) is 23.3.